The molecular weight excluding hydrogens is 258 g/mol. The fraction of sp³-hybridized carbons (Fsp3) is 0.0667. The number of carboxylic acid groups (broad SMARTS) is 1. The number of rotatable bonds is 4. The number of amides is 1. The Morgan fingerprint density at radius 3 is 2.45 bits per heavy atom. The van der Waals surface area contributed by atoms with E-state index in [0.717, 1.165) is 0 Å². The number of aromatic carboxylic acids is 1. The van der Waals surface area contributed by atoms with Crippen molar-refractivity contribution in [3.8, 4) is 11.5 Å². The van der Waals surface area contributed by atoms with Crippen LogP contribution in [0.2, 0.25) is 0 Å². The number of ether oxygens (including phenoxy) is 1. The normalized spacial score (nSPS) is 10.1. The first-order valence-electron chi connectivity index (χ1n) is 5.89. The third-order valence-electron chi connectivity index (χ3n) is 2.77. The summed E-state index contributed by atoms with van der Waals surface area (Å²) in [5.41, 5.74) is 6.43. The van der Waals surface area contributed by atoms with Gasteiger partial charge in [0.25, 0.3) is 0 Å². The van der Waals surface area contributed by atoms with Crippen molar-refractivity contribution in [3.05, 3.63) is 59.2 Å². The average Bonchev–Trinajstić information content (AvgIpc) is 2.41. The lowest BCUT2D eigenvalue weighted by Gasteiger charge is -2.10. The monoisotopic (exact) mass is 271 g/mol. The molecule has 20 heavy (non-hydrogen) atoms. The Bertz CT molecular complexity index is 679. The molecule has 0 saturated heterocycles. The van der Waals surface area contributed by atoms with Crippen molar-refractivity contribution in [3.63, 3.8) is 0 Å². The third kappa shape index (κ3) is 2.95. The summed E-state index contributed by atoms with van der Waals surface area (Å²) in [5.74, 6) is -0.534. The van der Waals surface area contributed by atoms with Crippen LogP contribution in [0.3, 0.4) is 0 Å². The van der Waals surface area contributed by atoms with Gasteiger partial charge in [0.15, 0.2) is 0 Å². The minimum absolute atomic E-state index is 0.195. The molecule has 0 aliphatic carbocycles. The molecule has 0 fully saturated rings. The molecule has 0 aliphatic rings. The molecule has 1 amide bonds. The summed E-state index contributed by atoms with van der Waals surface area (Å²) in [7, 11) is 0. The highest BCUT2D eigenvalue weighted by molar-refractivity contribution is 5.93. The van der Waals surface area contributed by atoms with Gasteiger partial charge >= 0.3 is 5.97 Å². The molecule has 102 valence electrons. The van der Waals surface area contributed by atoms with Gasteiger partial charge in [-0.25, -0.2) is 4.79 Å². The molecule has 5 nitrogen and oxygen atoms in total. The van der Waals surface area contributed by atoms with Gasteiger partial charge in [-0.1, -0.05) is 6.07 Å². The number of hydrogen-bond acceptors (Lipinski definition) is 3. The molecule has 0 heterocycles. The highest BCUT2D eigenvalue weighted by Crippen LogP contribution is 2.26. The number of aryl methyl sites for hydroxylation is 1. The van der Waals surface area contributed by atoms with Crippen molar-refractivity contribution >= 4 is 11.9 Å². The van der Waals surface area contributed by atoms with Crippen LogP contribution in [-0.4, -0.2) is 17.0 Å². The third-order valence-corrected chi connectivity index (χ3v) is 2.77. The van der Waals surface area contributed by atoms with Crippen molar-refractivity contribution in [1.29, 1.82) is 0 Å². The van der Waals surface area contributed by atoms with Crippen LogP contribution >= 0.6 is 0 Å². The van der Waals surface area contributed by atoms with Gasteiger partial charge in [0.2, 0.25) is 5.91 Å². The zero-order chi connectivity index (χ0) is 14.7. The van der Waals surface area contributed by atoms with E-state index >= 15 is 0 Å². The lowest BCUT2D eigenvalue weighted by molar-refractivity contribution is 0.0696. The van der Waals surface area contributed by atoms with Crippen LogP contribution in [-0.2, 0) is 0 Å². The predicted molar refractivity (Wildman–Crippen MR) is 73.2 cm³/mol. The molecule has 0 radical (unpaired) electrons. The molecule has 3 N–H and O–H groups in total. The second-order valence-electron chi connectivity index (χ2n) is 4.28. The summed E-state index contributed by atoms with van der Waals surface area (Å²) in [6.07, 6.45) is 0. The number of carbonyl (C=O) groups is 2. The lowest BCUT2D eigenvalue weighted by Crippen LogP contribution is -2.10. The molecule has 0 aliphatic heterocycles. The number of primary amides is 1. The maximum Gasteiger partial charge on any atom is 0.335 e. The molecule has 2 rings (SSSR count). The predicted octanol–water partition coefficient (Wildman–Crippen LogP) is 2.58. The maximum absolute atomic E-state index is 11.1. The molecule has 0 unspecified atom stereocenters. The summed E-state index contributed by atoms with van der Waals surface area (Å²) in [6, 6.07) is 11.0. The molecular formula is C15H13NO4. The van der Waals surface area contributed by atoms with Crippen molar-refractivity contribution in [2.75, 3.05) is 0 Å². The largest absolute Gasteiger partial charge is 0.478 e. The summed E-state index contributed by atoms with van der Waals surface area (Å²) in [5, 5.41) is 8.90. The van der Waals surface area contributed by atoms with Crippen LogP contribution in [0.1, 0.15) is 26.3 Å². The molecule has 0 bridgehead atoms. The van der Waals surface area contributed by atoms with E-state index in [1.54, 1.807) is 31.2 Å². The zero-order valence-electron chi connectivity index (χ0n) is 10.8. The zero-order valence-corrected chi connectivity index (χ0v) is 10.8. The van der Waals surface area contributed by atoms with E-state index in [0.29, 0.717) is 22.6 Å². The highest BCUT2D eigenvalue weighted by Gasteiger charge is 2.08. The SMILES string of the molecule is Cc1cc(C(=O)O)ccc1Oc1cccc(C(N)=O)c1. The molecule has 2 aromatic rings. The molecule has 0 saturated carbocycles. The average molecular weight is 271 g/mol. The van der Waals surface area contributed by atoms with Crippen molar-refractivity contribution in [1.82, 2.24) is 0 Å². The Kier molecular flexibility index (Phi) is 3.70. The number of hydrogen-bond donors (Lipinski definition) is 2. The number of carboxylic acids is 1. The summed E-state index contributed by atoms with van der Waals surface area (Å²) < 4.78 is 5.63. The first-order chi connectivity index (χ1) is 9.47. The Labute approximate surface area is 115 Å². The molecule has 0 atom stereocenters. The summed E-state index contributed by atoms with van der Waals surface area (Å²) >= 11 is 0. The van der Waals surface area contributed by atoms with Crippen LogP contribution in [0.5, 0.6) is 11.5 Å². The van der Waals surface area contributed by atoms with Gasteiger partial charge in [-0.05, 0) is 48.9 Å². The van der Waals surface area contributed by atoms with Gasteiger partial charge in [-0.2, -0.15) is 0 Å². The minimum Gasteiger partial charge on any atom is -0.478 e. The standard InChI is InChI=1S/C15H13NO4/c1-9-7-11(15(18)19)5-6-13(9)20-12-4-2-3-10(8-12)14(16)17/h2-8H,1H3,(H2,16,17)(H,18,19). The van der Waals surface area contributed by atoms with Crippen LogP contribution < -0.4 is 10.5 Å². The number of nitrogens with two attached hydrogens (primary N) is 1. The fourth-order valence-corrected chi connectivity index (χ4v) is 1.74. The van der Waals surface area contributed by atoms with E-state index in [1.165, 1.54) is 18.2 Å². The van der Waals surface area contributed by atoms with Gasteiger partial charge < -0.3 is 15.6 Å². The lowest BCUT2D eigenvalue weighted by atomic mass is 10.1. The van der Waals surface area contributed by atoms with Crippen LogP contribution in [0.4, 0.5) is 0 Å². The second kappa shape index (κ2) is 5.44. The van der Waals surface area contributed by atoms with Crippen LogP contribution in [0.15, 0.2) is 42.5 Å². The van der Waals surface area contributed by atoms with E-state index in [9.17, 15) is 9.59 Å². The molecule has 2 aromatic carbocycles. The minimum atomic E-state index is -0.990. The van der Waals surface area contributed by atoms with Crippen LogP contribution in [0.25, 0.3) is 0 Å². The van der Waals surface area contributed by atoms with Crippen molar-refractivity contribution in [2.24, 2.45) is 5.73 Å². The molecule has 0 spiro atoms. The number of carbonyl (C=O) groups excluding carboxylic acids is 1. The van der Waals surface area contributed by atoms with E-state index in [-0.39, 0.29) is 5.56 Å². The van der Waals surface area contributed by atoms with Gasteiger partial charge in [0.1, 0.15) is 11.5 Å². The first-order valence-corrected chi connectivity index (χ1v) is 5.89. The van der Waals surface area contributed by atoms with Crippen LogP contribution in [0, 0.1) is 6.92 Å². The summed E-state index contributed by atoms with van der Waals surface area (Å²) in [6.45, 7) is 1.75. The van der Waals surface area contributed by atoms with Gasteiger partial charge in [0.05, 0.1) is 5.56 Å². The Hall–Kier alpha value is -2.82. The fourth-order valence-electron chi connectivity index (χ4n) is 1.74. The maximum atomic E-state index is 11.1. The smallest absolute Gasteiger partial charge is 0.335 e. The quantitative estimate of drug-likeness (QED) is 0.894. The molecule has 5 heteroatoms. The van der Waals surface area contributed by atoms with E-state index in [1.807, 2.05) is 0 Å². The Balaban J connectivity index is 2.28. The highest BCUT2D eigenvalue weighted by atomic mass is 16.5. The Morgan fingerprint density at radius 2 is 1.85 bits per heavy atom. The molecule has 0 aromatic heterocycles. The summed E-state index contributed by atoms with van der Waals surface area (Å²) in [4.78, 5) is 21.9. The van der Waals surface area contributed by atoms with Gasteiger partial charge in [0, 0.05) is 5.56 Å². The Morgan fingerprint density at radius 1 is 1.10 bits per heavy atom. The van der Waals surface area contributed by atoms with Crippen molar-refractivity contribution < 1.29 is 19.4 Å². The number of benzene rings is 2. The van der Waals surface area contributed by atoms with Gasteiger partial charge in [-0.15, -0.1) is 0 Å². The van der Waals surface area contributed by atoms with E-state index < -0.39 is 11.9 Å². The van der Waals surface area contributed by atoms with Crippen molar-refractivity contribution in [2.45, 2.75) is 6.92 Å². The first kappa shape index (κ1) is 13.6. The van der Waals surface area contributed by atoms with Gasteiger partial charge in [-0.3, -0.25) is 4.79 Å². The second-order valence-corrected chi connectivity index (χ2v) is 4.28. The van der Waals surface area contributed by atoms with E-state index in [4.69, 9.17) is 15.6 Å². The van der Waals surface area contributed by atoms with E-state index in [2.05, 4.69) is 0 Å². The topological polar surface area (TPSA) is 89.6 Å².